The number of pyridine rings is 2. The highest BCUT2D eigenvalue weighted by Gasteiger charge is 2.03. The molecular weight excluding hydrogens is 252 g/mol. The molecule has 2 heterocycles. The van der Waals surface area contributed by atoms with Gasteiger partial charge in [0.05, 0.1) is 0 Å². The Balaban J connectivity index is 1.82. The molecule has 0 amide bonds. The van der Waals surface area contributed by atoms with Crippen LogP contribution in [0.1, 0.15) is 25.7 Å². The van der Waals surface area contributed by atoms with Gasteiger partial charge in [-0.05, 0) is 36.1 Å². The number of rotatable bonds is 7. The first-order chi connectivity index (χ1) is 9.75. The minimum absolute atomic E-state index is 0.269. The van der Waals surface area contributed by atoms with Crippen molar-refractivity contribution >= 4 is 5.97 Å². The van der Waals surface area contributed by atoms with Crippen molar-refractivity contribution in [3.63, 3.8) is 0 Å². The van der Waals surface area contributed by atoms with Crippen molar-refractivity contribution in [2.75, 3.05) is 0 Å². The Bertz CT molecular complexity index is 538. The summed E-state index contributed by atoms with van der Waals surface area (Å²) in [5.74, 6) is -0.709. The summed E-state index contributed by atoms with van der Waals surface area (Å²) in [5.41, 5.74) is 2.34. The molecule has 0 radical (unpaired) electrons. The predicted molar refractivity (Wildman–Crippen MR) is 76.0 cm³/mol. The molecule has 104 valence electrons. The van der Waals surface area contributed by atoms with E-state index in [1.807, 2.05) is 12.1 Å². The number of nitrogens with zero attached hydrogens (tertiary/aromatic N) is 2. The van der Waals surface area contributed by atoms with Crippen molar-refractivity contribution in [2.24, 2.45) is 0 Å². The molecule has 0 aliphatic heterocycles. The van der Waals surface area contributed by atoms with Crippen LogP contribution in [0.25, 0.3) is 11.1 Å². The van der Waals surface area contributed by atoms with Crippen LogP contribution in [-0.4, -0.2) is 16.1 Å². The fraction of sp³-hybridized carbons (Fsp3) is 0.312. The van der Waals surface area contributed by atoms with Gasteiger partial charge in [-0.1, -0.05) is 0 Å². The summed E-state index contributed by atoms with van der Waals surface area (Å²) >= 11 is 0. The normalized spacial score (nSPS) is 10.4. The highest BCUT2D eigenvalue weighted by atomic mass is 16.4. The first kappa shape index (κ1) is 14.2. The summed E-state index contributed by atoms with van der Waals surface area (Å²) in [5, 5.41) is 8.56. The summed E-state index contributed by atoms with van der Waals surface area (Å²) in [6.45, 7) is 0.927. The van der Waals surface area contributed by atoms with Crippen LogP contribution in [-0.2, 0) is 11.3 Å². The first-order valence-corrected chi connectivity index (χ1v) is 6.87. The standard InChI is InChI=1S/C16H18N2O2/c19-16(20)4-2-1-3-11-18-12-7-15(8-13-18)14-5-9-17-10-6-14/h5-10,12-13H,1-4,11H2/p+1. The molecular formula is C16H19N2O2+. The van der Waals surface area contributed by atoms with Crippen LogP contribution in [0.4, 0.5) is 0 Å². The molecule has 20 heavy (non-hydrogen) atoms. The zero-order valence-corrected chi connectivity index (χ0v) is 11.4. The average Bonchev–Trinajstić information content (AvgIpc) is 2.48. The highest BCUT2D eigenvalue weighted by Crippen LogP contribution is 2.15. The van der Waals surface area contributed by atoms with Crippen LogP contribution in [0, 0.1) is 0 Å². The van der Waals surface area contributed by atoms with Crippen LogP contribution in [0.3, 0.4) is 0 Å². The molecule has 0 saturated carbocycles. The van der Waals surface area contributed by atoms with E-state index in [2.05, 4.69) is 34.1 Å². The fourth-order valence-corrected chi connectivity index (χ4v) is 2.09. The summed E-state index contributed by atoms with van der Waals surface area (Å²) < 4.78 is 2.13. The molecule has 0 aliphatic carbocycles. The van der Waals surface area contributed by atoms with E-state index in [0.717, 1.165) is 31.4 Å². The minimum Gasteiger partial charge on any atom is -0.481 e. The van der Waals surface area contributed by atoms with Crippen LogP contribution in [0.5, 0.6) is 0 Å². The maximum absolute atomic E-state index is 10.4. The van der Waals surface area contributed by atoms with Crippen LogP contribution >= 0.6 is 0 Å². The fourth-order valence-electron chi connectivity index (χ4n) is 2.09. The van der Waals surface area contributed by atoms with Gasteiger partial charge in [-0.2, -0.15) is 0 Å². The third kappa shape index (κ3) is 4.46. The lowest BCUT2D eigenvalue weighted by atomic mass is 10.1. The Labute approximate surface area is 118 Å². The molecule has 2 rings (SSSR count). The van der Waals surface area contributed by atoms with E-state index in [4.69, 9.17) is 5.11 Å². The number of carboxylic acid groups (broad SMARTS) is 1. The van der Waals surface area contributed by atoms with Gasteiger partial charge in [0.25, 0.3) is 0 Å². The molecule has 0 saturated heterocycles. The molecule has 2 aromatic rings. The first-order valence-electron chi connectivity index (χ1n) is 6.87. The lowest BCUT2D eigenvalue weighted by Gasteiger charge is -2.01. The number of hydrogen-bond acceptors (Lipinski definition) is 2. The molecule has 0 aliphatic rings. The second kappa shape index (κ2) is 7.38. The quantitative estimate of drug-likeness (QED) is 0.622. The van der Waals surface area contributed by atoms with Gasteiger partial charge in [-0.3, -0.25) is 9.78 Å². The monoisotopic (exact) mass is 271 g/mol. The molecule has 0 fully saturated rings. The second-order valence-corrected chi connectivity index (χ2v) is 4.76. The summed E-state index contributed by atoms with van der Waals surface area (Å²) in [6, 6.07) is 8.16. The van der Waals surface area contributed by atoms with Gasteiger partial charge in [0.15, 0.2) is 12.4 Å². The predicted octanol–water partition coefficient (Wildman–Crippen LogP) is 2.68. The van der Waals surface area contributed by atoms with Gasteiger partial charge in [0.1, 0.15) is 6.54 Å². The van der Waals surface area contributed by atoms with E-state index >= 15 is 0 Å². The van der Waals surface area contributed by atoms with E-state index < -0.39 is 5.97 Å². The Morgan fingerprint density at radius 3 is 2.30 bits per heavy atom. The highest BCUT2D eigenvalue weighted by molar-refractivity contribution is 5.66. The number of aliphatic carboxylic acids is 1. The summed E-state index contributed by atoms with van der Waals surface area (Å²) in [4.78, 5) is 14.4. The van der Waals surface area contributed by atoms with Crippen LogP contribution in [0.2, 0.25) is 0 Å². The van der Waals surface area contributed by atoms with Gasteiger partial charge in [-0.25, -0.2) is 4.57 Å². The molecule has 0 atom stereocenters. The van der Waals surface area contributed by atoms with Crippen molar-refractivity contribution < 1.29 is 14.5 Å². The molecule has 4 nitrogen and oxygen atoms in total. The zero-order chi connectivity index (χ0) is 14.2. The van der Waals surface area contributed by atoms with Crippen molar-refractivity contribution in [3.05, 3.63) is 49.1 Å². The largest absolute Gasteiger partial charge is 0.481 e. The third-order valence-corrected chi connectivity index (χ3v) is 3.21. The van der Waals surface area contributed by atoms with Crippen LogP contribution < -0.4 is 4.57 Å². The van der Waals surface area contributed by atoms with E-state index in [9.17, 15) is 4.79 Å². The topological polar surface area (TPSA) is 54.1 Å². The van der Waals surface area contributed by atoms with Crippen molar-refractivity contribution in [1.29, 1.82) is 0 Å². The van der Waals surface area contributed by atoms with E-state index in [-0.39, 0.29) is 6.42 Å². The Morgan fingerprint density at radius 2 is 1.65 bits per heavy atom. The molecule has 0 aromatic carbocycles. The van der Waals surface area contributed by atoms with Crippen molar-refractivity contribution in [2.45, 2.75) is 32.2 Å². The smallest absolute Gasteiger partial charge is 0.303 e. The number of hydrogen-bond donors (Lipinski definition) is 1. The van der Waals surface area contributed by atoms with Gasteiger partial charge in [0, 0.05) is 37.4 Å². The molecule has 4 heteroatoms. The lowest BCUT2D eigenvalue weighted by molar-refractivity contribution is -0.697. The number of aryl methyl sites for hydroxylation is 1. The van der Waals surface area contributed by atoms with Crippen molar-refractivity contribution in [1.82, 2.24) is 4.98 Å². The van der Waals surface area contributed by atoms with E-state index in [1.54, 1.807) is 12.4 Å². The minimum atomic E-state index is -0.709. The summed E-state index contributed by atoms with van der Waals surface area (Å²) in [7, 11) is 0. The maximum atomic E-state index is 10.4. The Morgan fingerprint density at radius 1 is 1.00 bits per heavy atom. The molecule has 0 spiro atoms. The molecule has 1 N–H and O–H groups in total. The molecule has 0 unspecified atom stereocenters. The van der Waals surface area contributed by atoms with E-state index in [1.165, 1.54) is 5.56 Å². The van der Waals surface area contributed by atoms with Gasteiger partial charge >= 0.3 is 5.97 Å². The number of aromatic nitrogens is 2. The Kier molecular flexibility index (Phi) is 5.24. The van der Waals surface area contributed by atoms with E-state index in [0.29, 0.717) is 0 Å². The maximum Gasteiger partial charge on any atom is 0.303 e. The third-order valence-electron chi connectivity index (χ3n) is 3.21. The van der Waals surface area contributed by atoms with Gasteiger partial charge < -0.3 is 5.11 Å². The van der Waals surface area contributed by atoms with Crippen molar-refractivity contribution in [3.8, 4) is 11.1 Å². The molecule has 2 aromatic heterocycles. The van der Waals surface area contributed by atoms with Crippen LogP contribution in [0.15, 0.2) is 49.1 Å². The summed E-state index contributed by atoms with van der Waals surface area (Å²) in [6.07, 6.45) is 10.7. The zero-order valence-electron chi connectivity index (χ0n) is 11.4. The SMILES string of the molecule is O=C(O)CCCCC[n+]1ccc(-c2ccncc2)cc1. The van der Waals surface area contributed by atoms with Gasteiger partial charge in [0.2, 0.25) is 0 Å². The van der Waals surface area contributed by atoms with Gasteiger partial charge in [-0.15, -0.1) is 0 Å². The number of carbonyl (C=O) groups is 1. The lowest BCUT2D eigenvalue weighted by Crippen LogP contribution is -2.32. The second-order valence-electron chi connectivity index (χ2n) is 4.76. The molecule has 0 bridgehead atoms. The number of carboxylic acids is 1. The number of unbranched alkanes of at least 4 members (excludes halogenated alkanes) is 2. The average molecular weight is 271 g/mol. The Hall–Kier alpha value is -2.23.